The van der Waals surface area contributed by atoms with Gasteiger partial charge in [0.05, 0.1) is 18.2 Å². The molecular formula is C37H40ClF3N5O5P. The van der Waals surface area contributed by atoms with Gasteiger partial charge in [-0.05, 0) is 47.7 Å². The fourth-order valence-corrected chi connectivity index (χ4v) is 8.83. The van der Waals surface area contributed by atoms with Crippen molar-refractivity contribution >= 4 is 24.8 Å². The first-order chi connectivity index (χ1) is 24.9. The van der Waals surface area contributed by atoms with E-state index in [1.54, 1.807) is 6.92 Å². The number of alkyl halides is 3. The zero-order chi connectivity index (χ0) is 37.0. The first kappa shape index (κ1) is 37.9. The summed E-state index contributed by atoms with van der Waals surface area (Å²) in [6.07, 6.45) is -4.25. The number of piperidine rings is 1. The van der Waals surface area contributed by atoms with E-state index < -0.39 is 54.9 Å². The van der Waals surface area contributed by atoms with Crippen LogP contribution in [-0.4, -0.2) is 88.1 Å². The molecule has 10 nitrogen and oxygen atoms in total. The van der Waals surface area contributed by atoms with Gasteiger partial charge in [-0.25, -0.2) is 9.46 Å². The Morgan fingerprint density at radius 1 is 0.923 bits per heavy atom. The molecule has 52 heavy (non-hydrogen) atoms. The van der Waals surface area contributed by atoms with Gasteiger partial charge < -0.3 is 14.2 Å². The molecule has 0 spiro atoms. The minimum Gasteiger partial charge on any atom is -0.350 e. The third-order valence-corrected chi connectivity index (χ3v) is 11.9. The largest absolute Gasteiger partial charge is 0.471 e. The molecule has 3 heterocycles. The third-order valence-electron chi connectivity index (χ3n) is 9.80. The Kier molecular flexibility index (Phi) is 11.7. The molecule has 3 aromatic carbocycles. The zero-order valence-electron chi connectivity index (χ0n) is 28.7. The number of rotatable bonds is 10. The summed E-state index contributed by atoms with van der Waals surface area (Å²) in [4.78, 5) is 42.9. The number of H-pyrrole nitrogens is 1. The van der Waals surface area contributed by atoms with Crippen LogP contribution in [0.2, 0.25) is 0 Å². The van der Waals surface area contributed by atoms with E-state index in [0.717, 1.165) is 21.6 Å². The van der Waals surface area contributed by atoms with Crippen LogP contribution in [0.15, 0.2) is 107 Å². The fourth-order valence-electron chi connectivity index (χ4n) is 7.21. The van der Waals surface area contributed by atoms with E-state index in [9.17, 15) is 27.6 Å². The number of nitrogens with one attached hydrogen (secondary N) is 1. The van der Waals surface area contributed by atoms with Crippen molar-refractivity contribution in [2.45, 2.75) is 49.9 Å². The van der Waals surface area contributed by atoms with E-state index >= 15 is 0 Å². The standard InChI is InChI=1S/C37H40ClF3N5O5P/c1-26-22-46(35(49)42-33(26)47)32-24-44(36(27-12-6-3-7-13-27,28-14-8-4-9-15-28)29-16-10-5-11-17-29)23-31(51-32)25-50-52(38)45-20-18-30(19-21-45)43(2)34(48)37(39,40)41/h3-17,22,30-32H,18-21,23-25H2,1-2H3,(H,42,47,49). The number of aryl methyl sites for hydroxylation is 1. The first-order valence-electron chi connectivity index (χ1n) is 17.0. The number of carbonyl (C=O) groups is 1. The number of hydrogen-bond acceptors (Lipinski definition) is 7. The smallest absolute Gasteiger partial charge is 0.350 e. The number of ether oxygens (including phenoxy) is 1. The molecule has 0 radical (unpaired) electrons. The number of morpholine rings is 1. The molecule has 2 saturated heterocycles. The predicted molar refractivity (Wildman–Crippen MR) is 193 cm³/mol. The van der Waals surface area contributed by atoms with Crippen LogP contribution >= 0.6 is 18.9 Å². The van der Waals surface area contributed by atoms with Crippen LogP contribution in [0.1, 0.15) is 41.3 Å². The number of amides is 1. The summed E-state index contributed by atoms with van der Waals surface area (Å²) in [6, 6.07) is 29.7. The predicted octanol–water partition coefficient (Wildman–Crippen LogP) is 6.00. The van der Waals surface area contributed by atoms with Gasteiger partial charge in [-0.2, -0.15) is 13.2 Å². The molecule has 3 unspecified atom stereocenters. The Hall–Kier alpha value is -3.84. The van der Waals surface area contributed by atoms with Gasteiger partial charge in [0, 0.05) is 51.0 Å². The lowest BCUT2D eigenvalue weighted by Gasteiger charge is -2.50. The lowest BCUT2D eigenvalue weighted by molar-refractivity contribution is -0.186. The third kappa shape index (κ3) is 7.90. The van der Waals surface area contributed by atoms with Crippen molar-refractivity contribution in [3.63, 3.8) is 0 Å². The van der Waals surface area contributed by atoms with Crippen molar-refractivity contribution in [1.82, 2.24) is 24.0 Å². The van der Waals surface area contributed by atoms with Crippen molar-refractivity contribution in [3.05, 3.63) is 140 Å². The molecule has 2 fully saturated rings. The Morgan fingerprint density at radius 2 is 1.44 bits per heavy atom. The molecule has 1 aromatic heterocycles. The highest BCUT2D eigenvalue weighted by atomic mass is 35.7. The van der Waals surface area contributed by atoms with E-state index in [1.807, 2.05) is 59.3 Å². The highest BCUT2D eigenvalue weighted by molar-refractivity contribution is 7.78. The van der Waals surface area contributed by atoms with Crippen molar-refractivity contribution < 1.29 is 27.2 Å². The highest BCUT2D eigenvalue weighted by Gasteiger charge is 2.47. The first-order valence-corrected chi connectivity index (χ1v) is 19.1. The summed E-state index contributed by atoms with van der Waals surface area (Å²) in [6.45, 7) is 2.98. The maximum absolute atomic E-state index is 13.3. The molecule has 0 aliphatic carbocycles. The number of aromatic amines is 1. The van der Waals surface area contributed by atoms with E-state index in [1.165, 1.54) is 17.8 Å². The summed E-state index contributed by atoms with van der Waals surface area (Å²) in [5.41, 5.74) is 1.40. The van der Waals surface area contributed by atoms with Crippen LogP contribution in [0.25, 0.3) is 0 Å². The van der Waals surface area contributed by atoms with Crippen LogP contribution < -0.4 is 11.2 Å². The number of carbonyl (C=O) groups excluding carboxylic acids is 1. The van der Waals surface area contributed by atoms with Gasteiger partial charge in [0.15, 0.2) is 6.23 Å². The van der Waals surface area contributed by atoms with Crippen LogP contribution in [-0.2, 0) is 19.6 Å². The Bertz CT molecular complexity index is 1830. The molecule has 4 aromatic rings. The molecule has 1 amide bonds. The van der Waals surface area contributed by atoms with Gasteiger partial charge in [0.1, 0.15) is 0 Å². The van der Waals surface area contributed by atoms with Crippen LogP contribution in [0.5, 0.6) is 0 Å². The van der Waals surface area contributed by atoms with Gasteiger partial charge in [0.25, 0.3) is 5.56 Å². The average molecular weight is 758 g/mol. The highest BCUT2D eigenvalue weighted by Crippen LogP contribution is 2.49. The maximum atomic E-state index is 13.3. The summed E-state index contributed by atoms with van der Waals surface area (Å²) < 4.78 is 55.2. The number of hydrogen-bond donors (Lipinski definition) is 1. The number of benzene rings is 3. The van der Waals surface area contributed by atoms with Crippen LogP contribution in [0.3, 0.4) is 0 Å². The molecular weight excluding hydrogens is 718 g/mol. The monoisotopic (exact) mass is 757 g/mol. The molecule has 0 saturated carbocycles. The van der Waals surface area contributed by atoms with Gasteiger partial charge in [0.2, 0.25) is 7.65 Å². The summed E-state index contributed by atoms with van der Waals surface area (Å²) in [5, 5.41) is 0. The normalized spacial score (nSPS) is 20.0. The molecule has 276 valence electrons. The van der Waals surface area contributed by atoms with E-state index in [-0.39, 0.29) is 13.2 Å². The maximum Gasteiger partial charge on any atom is 0.471 e. The summed E-state index contributed by atoms with van der Waals surface area (Å²) >= 11 is 6.82. The molecule has 0 bridgehead atoms. The number of aromatic nitrogens is 2. The van der Waals surface area contributed by atoms with E-state index in [0.29, 0.717) is 38.0 Å². The number of halogens is 4. The lowest BCUT2D eigenvalue weighted by Crippen LogP contribution is -2.58. The molecule has 6 rings (SSSR count). The second kappa shape index (κ2) is 16.0. The van der Waals surface area contributed by atoms with Gasteiger partial charge in [-0.15, -0.1) is 0 Å². The molecule has 3 atom stereocenters. The molecule has 15 heteroatoms. The minimum atomic E-state index is -4.93. The van der Waals surface area contributed by atoms with E-state index in [4.69, 9.17) is 20.5 Å². The lowest BCUT2D eigenvalue weighted by atomic mass is 9.75. The van der Waals surface area contributed by atoms with Crippen molar-refractivity contribution in [2.75, 3.05) is 39.8 Å². The average Bonchev–Trinajstić information content (AvgIpc) is 3.16. The molecule has 1 N–H and O–H groups in total. The minimum absolute atomic E-state index is 0.0418. The SMILES string of the molecule is Cc1cn(C2CN(C(c3ccccc3)(c3ccccc3)c3ccccc3)CC(COP(Cl)N3CCC(N(C)C(=O)C(F)(F)F)CC3)O2)c(=O)[nH]c1=O. The van der Waals surface area contributed by atoms with Crippen molar-refractivity contribution in [2.24, 2.45) is 0 Å². The van der Waals surface area contributed by atoms with E-state index in [2.05, 4.69) is 46.3 Å². The Balaban J connectivity index is 1.31. The molecule has 2 aliphatic rings. The zero-order valence-corrected chi connectivity index (χ0v) is 30.4. The summed E-state index contributed by atoms with van der Waals surface area (Å²) in [5.74, 6) is -1.86. The molecule has 2 aliphatic heterocycles. The van der Waals surface area contributed by atoms with Crippen LogP contribution in [0.4, 0.5) is 13.2 Å². The van der Waals surface area contributed by atoms with Gasteiger partial charge in [-0.1, -0.05) is 91.0 Å². The second-order valence-corrected chi connectivity index (χ2v) is 15.2. The van der Waals surface area contributed by atoms with Crippen LogP contribution in [0, 0.1) is 6.92 Å². The Morgan fingerprint density at radius 3 is 1.94 bits per heavy atom. The Labute approximate surface area is 305 Å². The van der Waals surface area contributed by atoms with Crippen molar-refractivity contribution in [1.29, 1.82) is 0 Å². The quantitative estimate of drug-likeness (QED) is 0.157. The fraction of sp³-hybridized carbons (Fsp3) is 0.378. The summed E-state index contributed by atoms with van der Waals surface area (Å²) in [7, 11) is -0.518. The van der Waals surface area contributed by atoms with Gasteiger partial charge in [-0.3, -0.25) is 24.0 Å². The topological polar surface area (TPSA) is 100 Å². The van der Waals surface area contributed by atoms with Crippen molar-refractivity contribution in [3.8, 4) is 0 Å². The number of nitrogens with zero attached hydrogens (tertiary/aromatic N) is 4. The van der Waals surface area contributed by atoms with Gasteiger partial charge >= 0.3 is 17.8 Å². The second-order valence-electron chi connectivity index (χ2n) is 13.0.